The van der Waals surface area contributed by atoms with Gasteiger partial charge < -0.3 is 14.8 Å². The molecule has 1 aromatic heterocycles. The monoisotopic (exact) mass is 576 g/mol. The van der Waals surface area contributed by atoms with Crippen molar-refractivity contribution in [3.8, 4) is 5.75 Å². The van der Waals surface area contributed by atoms with E-state index in [4.69, 9.17) is 9.72 Å². The van der Waals surface area contributed by atoms with E-state index < -0.39 is 11.0 Å². The van der Waals surface area contributed by atoms with Crippen LogP contribution >= 0.6 is 11.8 Å². The quantitative estimate of drug-likeness (QED) is 0.199. The van der Waals surface area contributed by atoms with Crippen LogP contribution in [0.1, 0.15) is 70.9 Å². The zero-order valence-electron chi connectivity index (χ0n) is 23.5. The molecule has 2 aliphatic rings. The van der Waals surface area contributed by atoms with E-state index in [0.717, 1.165) is 57.8 Å². The number of aromatic nitrogens is 2. The molecule has 5 rings (SSSR count). The van der Waals surface area contributed by atoms with Gasteiger partial charge in [0.25, 0.3) is 0 Å². The normalized spacial score (nSPS) is 18.1. The van der Waals surface area contributed by atoms with Gasteiger partial charge in [0.2, 0.25) is 5.95 Å². The Morgan fingerprint density at radius 2 is 1.90 bits per heavy atom. The number of rotatable bonds is 13. The highest BCUT2D eigenvalue weighted by Crippen LogP contribution is 2.40. The third-order valence-corrected chi connectivity index (χ3v) is 9.76. The van der Waals surface area contributed by atoms with Crippen LogP contribution in [0.5, 0.6) is 5.75 Å². The Bertz CT molecular complexity index is 1380. The van der Waals surface area contributed by atoms with Crippen molar-refractivity contribution in [3.05, 3.63) is 72.1 Å². The summed E-state index contributed by atoms with van der Waals surface area (Å²) in [5.74, 6) is 3.72. The number of hydrogen-bond donors (Lipinski definition) is 2. The molecule has 2 saturated carbocycles. The Kier molecular flexibility index (Phi) is 9.81. The number of anilines is 2. The van der Waals surface area contributed by atoms with Crippen molar-refractivity contribution in [1.82, 2.24) is 9.97 Å². The highest BCUT2D eigenvalue weighted by molar-refractivity contribution is 8.10. The number of nitrogens with one attached hydrogen (secondary N) is 2. The molecule has 2 N–H and O–H groups in total. The zero-order valence-corrected chi connectivity index (χ0v) is 25.2. The second-order valence-electron chi connectivity index (χ2n) is 10.8. The predicted molar refractivity (Wildman–Crippen MR) is 171 cm³/mol. The van der Waals surface area contributed by atoms with Gasteiger partial charge >= 0.3 is 0 Å². The molecule has 0 spiro atoms. The van der Waals surface area contributed by atoms with Crippen LogP contribution in [0.4, 0.5) is 11.6 Å². The van der Waals surface area contributed by atoms with Crippen molar-refractivity contribution in [2.24, 2.45) is 11.8 Å². The summed E-state index contributed by atoms with van der Waals surface area (Å²) in [4.78, 5) is 10.4. The van der Waals surface area contributed by atoms with Crippen molar-refractivity contribution < 1.29 is 8.95 Å². The topological polar surface area (TPSA) is 76.1 Å². The van der Waals surface area contributed by atoms with Crippen molar-refractivity contribution in [2.45, 2.75) is 71.3 Å². The Morgan fingerprint density at radius 3 is 2.62 bits per heavy atom. The average Bonchev–Trinajstić information content (AvgIpc) is 3.80. The maximum Gasteiger partial charge on any atom is 0.223 e. The summed E-state index contributed by atoms with van der Waals surface area (Å²) in [6.07, 6.45) is 11.2. The SMILES string of the molecule is C=CS/C(=C(/Oc1ccc(NS(=O)CC2CC2)c2ccccc12)C(C)CC)c1ccnc(NC2CCCCC2)n1. The number of hydrogen-bond acceptors (Lipinski definition) is 6. The van der Waals surface area contributed by atoms with E-state index in [1.165, 1.54) is 43.9 Å². The molecule has 0 aliphatic heterocycles. The summed E-state index contributed by atoms with van der Waals surface area (Å²) >= 11 is 1.53. The van der Waals surface area contributed by atoms with E-state index in [9.17, 15) is 4.21 Å². The van der Waals surface area contributed by atoms with Gasteiger partial charge in [-0.15, -0.1) is 0 Å². The minimum absolute atomic E-state index is 0.148. The lowest BCUT2D eigenvalue weighted by Crippen LogP contribution is -2.23. The molecule has 1 heterocycles. The van der Waals surface area contributed by atoms with Crippen LogP contribution in [0.25, 0.3) is 15.7 Å². The minimum atomic E-state index is -1.10. The van der Waals surface area contributed by atoms with Crippen molar-refractivity contribution in [2.75, 3.05) is 15.8 Å². The van der Waals surface area contributed by atoms with Crippen LogP contribution in [-0.2, 0) is 11.0 Å². The Labute approximate surface area is 245 Å². The van der Waals surface area contributed by atoms with Crippen LogP contribution in [0.2, 0.25) is 0 Å². The molecule has 40 heavy (non-hydrogen) atoms. The average molecular weight is 577 g/mol. The van der Waals surface area contributed by atoms with Gasteiger partial charge in [-0.1, -0.05) is 75.7 Å². The van der Waals surface area contributed by atoms with E-state index in [2.05, 4.69) is 47.6 Å². The Balaban J connectivity index is 1.49. The lowest BCUT2D eigenvalue weighted by molar-refractivity contribution is 0.360. The zero-order chi connectivity index (χ0) is 27.9. The summed E-state index contributed by atoms with van der Waals surface area (Å²) in [5, 5.41) is 7.36. The first-order valence-electron chi connectivity index (χ1n) is 14.5. The van der Waals surface area contributed by atoms with E-state index in [1.807, 2.05) is 41.9 Å². The second kappa shape index (κ2) is 13.7. The molecule has 2 aliphatic carbocycles. The number of nitrogens with zero attached hydrogens (tertiary/aromatic N) is 2. The lowest BCUT2D eigenvalue weighted by Gasteiger charge is -2.23. The van der Waals surface area contributed by atoms with Crippen LogP contribution in [0, 0.1) is 11.8 Å². The second-order valence-corrected chi connectivity index (χ2v) is 13.1. The number of benzene rings is 2. The Hall–Kier alpha value is -2.84. The molecule has 2 atom stereocenters. The van der Waals surface area contributed by atoms with E-state index in [-0.39, 0.29) is 5.92 Å². The van der Waals surface area contributed by atoms with Crippen LogP contribution in [0.3, 0.4) is 0 Å². The van der Waals surface area contributed by atoms with E-state index >= 15 is 0 Å². The number of fused-ring (bicyclic) bond motifs is 1. The third-order valence-electron chi connectivity index (χ3n) is 7.72. The number of ether oxygens (including phenoxy) is 1. The van der Waals surface area contributed by atoms with E-state index in [1.54, 1.807) is 0 Å². The third kappa shape index (κ3) is 7.26. The molecule has 0 bridgehead atoms. The summed E-state index contributed by atoms with van der Waals surface area (Å²) in [5.41, 5.74) is 1.69. The fourth-order valence-electron chi connectivity index (χ4n) is 5.10. The maximum absolute atomic E-state index is 12.7. The molecule has 0 radical (unpaired) electrons. The van der Waals surface area contributed by atoms with Gasteiger partial charge in [-0.3, -0.25) is 0 Å². The number of thioether (sulfide) groups is 1. The fraction of sp³-hybridized carbons (Fsp3) is 0.438. The van der Waals surface area contributed by atoms with Gasteiger partial charge in [-0.25, -0.2) is 14.2 Å². The molecule has 0 amide bonds. The minimum Gasteiger partial charge on any atom is -0.460 e. The molecule has 2 unspecified atom stereocenters. The van der Waals surface area contributed by atoms with Crippen molar-refractivity contribution in [3.63, 3.8) is 0 Å². The van der Waals surface area contributed by atoms with Gasteiger partial charge in [0.15, 0.2) is 0 Å². The highest BCUT2D eigenvalue weighted by Gasteiger charge is 2.25. The first-order valence-corrected chi connectivity index (χ1v) is 16.7. The van der Waals surface area contributed by atoms with Gasteiger partial charge in [0.1, 0.15) is 22.5 Å². The first kappa shape index (κ1) is 28.7. The maximum atomic E-state index is 12.7. The standard InChI is InChI=1S/C32H40N4O2S2/c1-4-22(3)30(31(39-5-2)28-19-20-33-32(35-28)34-24-11-7-6-8-12-24)38-29-18-17-27(25-13-9-10-14-26(25)29)36-40(37)21-23-15-16-23/h5,9-10,13-14,17-20,22-24,36H,2,4,6-8,11-12,15-16,21H2,1,3H3,(H,33,34,35)/b31-30+. The largest absolute Gasteiger partial charge is 0.460 e. The lowest BCUT2D eigenvalue weighted by atomic mass is 9.96. The Morgan fingerprint density at radius 1 is 1.12 bits per heavy atom. The molecule has 3 aromatic rings. The van der Waals surface area contributed by atoms with Gasteiger partial charge in [0.05, 0.1) is 16.3 Å². The molecular weight excluding hydrogens is 537 g/mol. The van der Waals surface area contributed by atoms with Crippen molar-refractivity contribution >= 4 is 50.1 Å². The highest BCUT2D eigenvalue weighted by atomic mass is 32.2. The predicted octanol–water partition coefficient (Wildman–Crippen LogP) is 8.53. The first-order chi connectivity index (χ1) is 19.6. The number of allylic oxidation sites excluding steroid dienone is 1. The smallest absolute Gasteiger partial charge is 0.223 e. The van der Waals surface area contributed by atoms with Crippen molar-refractivity contribution in [1.29, 1.82) is 0 Å². The van der Waals surface area contributed by atoms with Gasteiger partial charge in [0, 0.05) is 34.7 Å². The summed E-state index contributed by atoms with van der Waals surface area (Å²) in [6, 6.07) is 14.5. The summed E-state index contributed by atoms with van der Waals surface area (Å²) in [6.45, 7) is 8.36. The molecular formula is C32H40N4O2S2. The fourth-order valence-corrected chi connectivity index (χ4v) is 7.13. The molecule has 2 fully saturated rings. The van der Waals surface area contributed by atoms with Gasteiger partial charge in [-0.05, 0) is 61.6 Å². The van der Waals surface area contributed by atoms with Crippen LogP contribution in [0.15, 0.2) is 66.4 Å². The molecule has 6 nitrogen and oxygen atoms in total. The summed E-state index contributed by atoms with van der Waals surface area (Å²) in [7, 11) is -1.10. The van der Waals surface area contributed by atoms with Crippen LogP contribution < -0.4 is 14.8 Å². The van der Waals surface area contributed by atoms with E-state index in [0.29, 0.717) is 23.7 Å². The molecule has 212 valence electrons. The molecule has 0 saturated heterocycles. The molecule has 8 heteroatoms. The van der Waals surface area contributed by atoms with Gasteiger partial charge in [-0.2, -0.15) is 0 Å². The summed E-state index contributed by atoms with van der Waals surface area (Å²) < 4.78 is 22.7. The van der Waals surface area contributed by atoms with Crippen LogP contribution in [-0.4, -0.2) is 26.0 Å². The molecule has 2 aromatic carbocycles.